The summed E-state index contributed by atoms with van der Waals surface area (Å²) in [5, 5.41) is 8.70. The minimum Gasteiger partial charge on any atom is -0.480 e. The van der Waals surface area contributed by atoms with Crippen molar-refractivity contribution >= 4 is 18.2 Å². The van der Waals surface area contributed by atoms with E-state index < -0.39 is 18.2 Å². The third-order valence-corrected chi connectivity index (χ3v) is 2.19. The summed E-state index contributed by atoms with van der Waals surface area (Å²) in [5.41, 5.74) is 3.43. The first-order valence-corrected chi connectivity index (χ1v) is 4.22. The van der Waals surface area contributed by atoms with Crippen LogP contribution in [0, 0.1) is 4.77 Å². The molecular formula is C7H10FN3O2S. The Balaban J connectivity index is 2.91. The van der Waals surface area contributed by atoms with E-state index in [0.717, 1.165) is 0 Å². The summed E-state index contributed by atoms with van der Waals surface area (Å²) in [7, 11) is 0. The van der Waals surface area contributed by atoms with Gasteiger partial charge in [-0.25, -0.2) is 4.39 Å². The fourth-order valence-corrected chi connectivity index (χ4v) is 1.14. The van der Waals surface area contributed by atoms with E-state index in [1.165, 1.54) is 17.0 Å². The third kappa shape index (κ3) is 1.99. The zero-order valence-corrected chi connectivity index (χ0v) is 8.05. The molecule has 0 spiro atoms. The first-order valence-electron chi connectivity index (χ1n) is 3.81. The summed E-state index contributed by atoms with van der Waals surface area (Å²) < 4.78 is 14.1. The maximum Gasteiger partial charge on any atom is 0.328 e. The molecule has 1 atom stereocenters. The number of nitrogens with two attached hydrogens (primary N) is 1. The number of aromatic nitrogens is 2. The molecule has 0 amide bonds. The van der Waals surface area contributed by atoms with Crippen LogP contribution in [0.2, 0.25) is 0 Å². The van der Waals surface area contributed by atoms with Crippen molar-refractivity contribution in [1.82, 2.24) is 9.55 Å². The minimum atomic E-state index is -1.92. The molecule has 0 fully saturated rings. The first-order chi connectivity index (χ1) is 6.49. The van der Waals surface area contributed by atoms with Gasteiger partial charge in [-0.1, -0.05) is 0 Å². The van der Waals surface area contributed by atoms with Gasteiger partial charge in [0, 0.05) is 12.4 Å². The average Bonchev–Trinajstić information content (AvgIpc) is 2.51. The van der Waals surface area contributed by atoms with Crippen LogP contribution in [-0.4, -0.2) is 32.8 Å². The van der Waals surface area contributed by atoms with Gasteiger partial charge in [-0.2, -0.15) is 0 Å². The molecule has 0 aromatic carbocycles. The third-order valence-electron chi connectivity index (χ3n) is 1.84. The van der Waals surface area contributed by atoms with Crippen LogP contribution in [0.4, 0.5) is 4.39 Å². The summed E-state index contributed by atoms with van der Waals surface area (Å²) in [4.78, 5) is 13.3. The number of rotatable bonds is 4. The maximum atomic E-state index is 12.5. The van der Waals surface area contributed by atoms with Gasteiger partial charge in [0.15, 0.2) is 10.3 Å². The standard InChI is InChI=1S/C7H10FN3O2S/c8-3-7(9,5(12)13)4-11-2-1-10-6(11)14/h1-2H,3-4,9H2,(H,10,14)(H,12,13). The second kappa shape index (κ2) is 3.89. The molecule has 7 heteroatoms. The molecule has 1 rings (SSSR count). The molecule has 78 valence electrons. The van der Waals surface area contributed by atoms with Crippen molar-refractivity contribution in [1.29, 1.82) is 0 Å². The lowest BCUT2D eigenvalue weighted by Crippen LogP contribution is -2.53. The van der Waals surface area contributed by atoms with Gasteiger partial charge in [0.05, 0.1) is 6.54 Å². The number of nitrogens with one attached hydrogen (secondary N) is 1. The largest absolute Gasteiger partial charge is 0.480 e. The van der Waals surface area contributed by atoms with Gasteiger partial charge in [0.1, 0.15) is 6.67 Å². The van der Waals surface area contributed by atoms with Gasteiger partial charge in [0.25, 0.3) is 0 Å². The minimum absolute atomic E-state index is 0.193. The van der Waals surface area contributed by atoms with Crippen LogP contribution in [0.5, 0.6) is 0 Å². The SMILES string of the molecule is NC(CF)(Cn1cc[nH]c1=S)C(=O)O. The molecule has 0 aliphatic rings. The van der Waals surface area contributed by atoms with E-state index in [0.29, 0.717) is 4.77 Å². The Labute approximate surface area is 84.3 Å². The summed E-state index contributed by atoms with van der Waals surface area (Å²) in [5.74, 6) is -1.39. The van der Waals surface area contributed by atoms with E-state index in [4.69, 9.17) is 23.1 Å². The summed E-state index contributed by atoms with van der Waals surface area (Å²) >= 11 is 4.82. The molecule has 1 aromatic rings. The molecular weight excluding hydrogens is 209 g/mol. The van der Waals surface area contributed by atoms with Gasteiger partial charge in [0.2, 0.25) is 0 Å². The molecule has 4 N–H and O–H groups in total. The molecule has 0 saturated carbocycles. The Hall–Kier alpha value is -1.21. The van der Waals surface area contributed by atoms with Crippen molar-refractivity contribution in [2.24, 2.45) is 5.73 Å². The maximum absolute atomic E-state index is 12.5. The molecule has 14 heavy (non-hydrogen) atoms. The Kier molecular flexibility index (Phi) is 3.02. The van der Waals surface area contributed by atoms with E-state index >= 15 is 0 Å². The number of aliphatic carboxylic acids is 1. The highest BCUT2D eigenvalue weighted by Gasteiger charge is 2.34. The van der Waals surface area contributed by atoms with Crippen molar-refractivity contribution in [3.8, 4) is 0 Å². The summed E-state index contributed by atoms with van der Waals surface area (Å²) in [6.07, 6.45) is 3.05. The van der Waals surface area contributed by atoms with Crippen LogP contribution >= 0.6 is 12.2 Å². The van der Waals surface area contributed by atoms with Crippen LogP contribution in [-0.2, 0) is 11.3 Å². The van der Waals surface area contributed by atoms with E-state index in [1.807, 2.05) is 0 Å². The Morgan fingerprint density at radius 2 is 2.50 bits per heavy atom. The number of imidazole rings is 1. The molecule has 0 radical (unpaired) electrons. The van der Waals surface area contributed by atoms with Crippen molar-refractivity contribution < 1.29 is 14.3 Å². The van der Waals surface area contributed by atoms with Crippen LogP contribution < -0.4 is 5.73 Å². The fourth-order valence-electron chi connectivity index (χ4n) is 0.945. The average molecular weight is 219 g/mol. The number of hydrogen-bond acceptors (Lipinski definition) is 3. The summed E-state index contributed by atoms with van der Waals surface area (Å²) in [6, 6.07) is 0. The lowest BCUT2D eigenvalue weighted by Gasteiger charge is -2.20. The number of carboxylic acids is 1. The monoisotopic (exact) mass is 219 g/mol. The Morgan fingerprint density at radius 3 is 2.86 bits per heavy atom. The molecule has 0 saturated heterocycles. The molecule has 0 aliphatic heterocycles. The molecule has 0 aliphatic carbocycles. The number of carbonyl (C=O) groups is 1. The van der Waals surface area contributed by atoms with Crippen molar-refractivity contribution in [2.45, 2.75) is 12.1 Å². The summed E-state index contributed by atoms with van der Waals surface area (Å²) in [6.45, 7) is -1.34. The predicted molar refractivity (Wildman–Crippen MR) is 50.1 cm³/mol. The van der Waals surface area contributed by atoms with Gasteiger partial charge in [-0.15, -0.1) is 0 Å². The van der Waals surface area contributed by atoms with Crippen molar-refractivity contribution in [2.75, 3.05) is 6.67 Å². The number of H-pyrrole nitrogens is 1. The number of nitrogens with zero attached hydrogens (tertiary/aromatic N) is 1. The number of halogens is 1. The zero-order valence-electron chi connectivity index (χ0n) is 7.24. The van der Waals surface area contributed by atoms with Gasteiger partial charge in [-0.3, -0.25) is 4.79 Å². The van der Waals surface area contributed by atoms with Crippen molar-refractivity contribution in [3.63, 3.8) is 0 Å². The predicted octanol–water partition coefficient (Wildman–Crippen LogP) is 0.297. The van der Waals surface area contributed by atoms with Gasteiger partial charge < -0.3 is 20.4 Å². The highest BCUT2D eigenvalue weighted by Crippen LogP contribution is 2.07. The van der Waals surface area contributed by atoms with Gasteiger partial charge >= 0.3 is 5.97 Å². The van der Waals surface area contributed by atoms with Crippen LogP contribution in [0.3, 0.4) is 0 Å². The molecule has 1 heterocycles. The van der Waals surface area contributed by atoms with Crippen LogP contribution in [0.25, 0.3) is 0 Å². The fraction of sp³-hybridized carbons (Fsp3) is 0.429. The van der Waals surface area contributed by atoms with Crippen LogP contribution in [0.1, 0.15) is 0 Å². The molecule has 5 nitrogen and oxygen atoms in total. The lowest BCUT2D eigenvalue weighted by molar-refractivity contribution is -0.144. The second-order valence-corrected chi connectivity index (χ2v) is 3.37. The quantitative estimate of drug-likeness (QED) is 0.636. The second-order valence-electron chi connectivity index (χ2n) is 2.99. The van der Waals surface area contributed by atoms with E-state index in [-0.39, 0.29) is 6.54 Å². The molecule has 0 bridgehead atoms. The lowest BCUT2D eigenvalue weighted by atomic mass is 10.0. The van der Waals surface area contributed by atoms with E-state index in [9.17, 15) is 9.18 Å². The van der Waals surface area contributed by atoms with E-state index in [2.05, 4.69) is 4.98 Å². The Bertz CT molecular complexity index is 388. The van der Waals surface area contributed by atoms with Crippen LogP contribution in [0.15, 0.2) is 12.4 Å². The van der Waals surface area contributed by atoms with Crippen molar-refractivity contribution in [3.05, 3.63) is 17.2 Å². The molecule has 1 unspecified atom stereocenters. The Morgan fingerprint density at radius 1 is 1.86 bits per heavy atom. The number of aromatic amines is 1. The smallest absolute Gasteiger partial charge is 0.328 e. The van der Waals surface area contributed by atoms with E-state index in [1.54, 1.807) is 0 Å². The number of alkyl halides is 1. The first kappa shape index (κ1) is 10.9. The number of carboxylic acid groups (broad SMARTS) is 1. The highest BCUT2D eigenvalue weighted by molar-refractivity contribution is 7.71. The topological polar surface area (TPSA) is 84.0 Å². The normalized spacial score (nSPS) is 15.0. The molecule has 1 aromatic heterocycles. The zero-order chi connectivity index (χ0) is 10.8. The highest BCUT2D eigenvalue weighted by atomic mass is 32.1. The number of hydrogen-bond donors (Lipinski definition) is 3. The van der Waals surface area contributed by atoms with Gasteiger partial charge in [-0.05, 0) is 12.2 Å².